The molecule has 3 aromatic rings. The lowest BCUT2D eigenvalue weighted by molar-refractivity contribution is 0.363. The van der Waals surface area contributed by atoms with Gasteiger partial charge >= 0.3 is 5.56 Å². The van der Waals surface area contributed by atoms with Crippen LogP contribution < -0.4 is 5.56 Å². The van der Waals surface area contributed by atoms with Gasteiger partial charge in [-0.25, -0.2) is 0 Å². The molecule has 1 aliphatic rings. The highest BCUT2D eigenvalue weighted by atomic mass is 32.1. The second-order valence-corrected chi connectivity index (χ2v) is 6.88. The van der Waals surface area contributed by atoms with E-state index in [1.165, 1.54) is 41.5 Å². The summed E-state index contributed by atoms with van der Waals surface area (Å²) in [5, 5.41) is 15.4. The van der Waals surface area contributed by atoms with E-state index in [2.05, 4.69) is 32.4 Å². The zero-order valence-electron chi connectivity index (χ0n) is 11.7. The molecule has 21 heavy (non-hydrogen) atoms. The van der Waals surface area contributed by atoms with Gasteiger partial charge in [-0.15, -0.1) is 5.10 Å². The van der Waals surface area contributed by atoms with E-state index in [-0.39, 0.29) is 5.56 Å². The Morgan fingerprint density at radius 1 is 1.43 bits per heavy atom. The van der Waals surface area contributed by atoms with Gasteiger partial charge < -0.3 is 0 Å². The number of H-pyrrole nitrogens is 1. The van der Waals surface area contributed by atoms with Crippen LogP contribution in [0.1, 0.15) is 37.6 Å². The molecule has 0 bridgehead atoms. The van der Waals surface area contributed by atoms with Crippen molar-refractivity contribution in [2.24, 2.45) is 11.8 Å². The molecule has 0 amide bonds. The van der Waals surface area contributed by atoms with Crippen molar-refractivity contribution in [3.8, 4) is 0 Å². The SMILES string of the molecule is CC(Cc1nn2c(=O)c3[nH]nnc3nc2s1)C1CCCC1. The van der Waals surface area contributed by atoms with E-state index in [0.717, 1.165) is 17.3 Å². The van der Waals surface area contributed by atoms with E-state index in [1.807, 2.05) is 0 Å². The number of fused-ring (bicyclic) bond motifs is 2. The van der Waals surface area contributed by atoms with Crippen molar-refractivity contribution in [1.82, 2.24) is 30.0 Å². The fourth-order valence-corrected chi connectivity index (χ4v) is 4.24. The van der Waals surface area contributed by atoms with Crippen LogP contribution in [0.5, 0.6) is 0 Å². The second kappa shape index (κ2) is 4.87. The van der Waals surface area contributed by atoms with Crippen LogP contribution in [0.15, 0.2) is 4.79 Å². The molecule has 0 aliphatic heterocycles. The fourth-order valence-electron chi connectivity index (χ4n) is 3.22. The Balaban J connectivity index is 1.70. The van der Waals surface area contributed by atoms with Gasteiger partial charge in [-0.05, 0) is 11.8 Å². The molecule has 110 valence electrons. The van der Waals surface area contributed by atoms with Gasteiger partial charge in [0.05, 0.1) is 0 Å². The summed E-state index contributed by atoms with van der Waals surface area (Å²) >= 11 is 1.48. The Hall–Kier alpha value is -1.83. The highest BCUT2D eigenvalue weighted by molar-refractivity contribution is 7.16. The summed E-state index contributed by atoms with van der Waals surface area (Å²) in [5.41, 5.74) is 0.447. The van der Waals surface area contributed by atoms with Crippen LogP contribution >= 0.6 is 11.3 Å². The number of rotatable bonds is 3. The van der Waals surface area contributed by atoms with Crippen LogP contribution in [-0.2, 0) is 6.42 Å². The molecule has 0 aromatic carbocycles. The monoisotopic (exact) mass is 304 g/mol. The Labute approximate surface area is 124 Å². The molecule has 1 unspecified atom stereocenters. The maximum atomic E-state index is 12.3. The smallest absolute Gasteiger partial charge is 0.265 e. The van der Waals surface area contributed by atoms with Crippen molar-refractivity contribution in [3.63, 3.8) is 0 Å². The van der Waals surface area contributed by atoms with Crippen LogP contribution in [0.25, 0.3) is 16.1 Å². The Kier molecular flexibility index (Phi) is 2.99. The normalized spacial score (nSPS) is 18.0. The summed E-state index contributed by atoms with van der Waals surface area (Å²) in [6.07, 6.45) is 6.25. The maximum absolute atomic E-state index is 12.3. The molecule has 0 saturated heterocycles. The molecule has 0 radical (unpaired) electrons. The summed E-state index contributed by atoms with van der Waals surface area (Å²) in [7, 11) is 0. The summed E-state index contributed by atoms with van der Waals surface area (Å²) in [6.45, 7) is 2.29. The van der Waals surface area contributed by atoms with Gasteiger partial charge in [0, 0.05) is 6.42 Å². The molecule has 1 fully saturated rings. The Morgan fingerprint density at radius 2 is 2.24 bits per heavy atom. The minimum absolute atomic E-state index is 0.226. The lowest BCUT2D eigenvalue weighted by Crippen LogP contribution is -2.16. The third-order valence-electron chi connectivity index (χ3n) is 4.44. The molecule has 8 heteroatoms. The van der Waals surface area contributed by atoms with Crippen molar-refractivity contribution in [3.05, 3.63) is 15.4 Å². The molecule has 7 nitrogen and oxygen atoms in total. The molecular weight excluding hydrogens is 288 g/mol. The van der Waals surface area contributed by atoms with Crippen LogP contribution in [-0.4, -0.2) is 30.0 Å². The molecule has 1 saturated carbocycles. The van der Waals surface area contributed by atoms with Crippen molar-refractivity contribution in [2.45, 2.75) is 39.0 Å². The number of nitrogens with zero attached hydrogens (tertiary/aromatic N) is 5. The largest absolute Gasteiger partial charge is 0.302 e. The summed E-state index contributed by atoms with van der Waals surface area (Å²) in [4.78, 5) is 17.2. The average molecular weight is 304 g/mol. The van der Waals surface area contributed by atoms with Crippen molar-refractivity contribution in [1.29, 1.82) is 0 Å². The first-order valence-electron chi connectivity index (χ1n) is 7.32. The highest BCUT2D eigenvalue weighted by Crippen LogP contribution is 2.33. The minimum atomic E-state index is -0.226. The topological polar surface area (TPSA) is 88.8 Å². The molecule has 1 atom stereocenters. The van der Waals surface area contributed by atoms with Crippen molar-refractivity contribution >= 4 is 27.5 Å². The van der Waals surface area contributed by atoms with Gasteiger partial charge in [-0.3, -0.25) is 9.89 Å². The van der Waals surface area contributed by atoms with Gasteiger partial charge in [0.25, 0.3) is 0 Å². The minimum Gasteiger partial charge on any atom is -0.265 e. The number of aromatic nitrogens is 6. The van der Waals surface area contributed by atoms with Gasteiger partial charge in [-0.1, -0.05) is 49.2 Å². The third kappa shape index (κ3) is 2.14. The van der Waals surface area contributed by atoms with Crippen molar-refractivity contribution < 1.29 is 0 Å². The average Bonchev–Trinajstić information content (AvgIpc) is 3.18. The van der Waals surface area contributed by atoms with E-state index >= 15 is 0 Å². The number of nitrogens with one attached hydrogen (secondary N) is 1. The first kappa shape index (κ1) is 12.9. The predicted octanol–water partition coefficient (Wildman–Crippen LogP) is 1.79. The van der Waals surface area contributed by atoms with E-state index in [9.17, 15) is 4.79 Å². The molecule has 0 spiro atoms. The first-order chi connectivity index (χ1) is 10.2. The Morgan fingerprint density at radius 3 is 3.05 bits per heavy atom. The van der Waals surface area contributed by atoms with Gasteiger partial charge in [-0.2, -0.15) is 14.6 Å². The lowest BCUT2D eigenvalue weighted by Gasteiger charge is -2.16. The molecule has 3 heterocycles. The molecule has 4 rings (SSSR count). The summed E-state index contributed by atoms with van der Waals surface area (Å²) in [6, 6.07) is 0. The molecule has 3 aromatic heterocycles. The highest BCUT2D eigenvalue weighted by Gasteiger charge is 2.23. The van der Waals surface area contributed by atoms with Gasteiger partial charge in [0.1, 0.15) is 5.01 Å². The standard InChI is InChI=1S/C13H16N6OS/c1-7(8-4-2-3-5-8)6-9-17-19-12(20)10-11(16-18-15-10)14-13(19)21-9/h7-8H,2-6H2,1H3,(H,15,16,18). The van der Waals surface area contributed by atoms with Crippen LogP contribution in [0, 0.1) is 11.8 Å². The summed E-state index contributed by atoms with van der Waals surface area (Å²) in [5.74, 6) is 1.40. The Bertz CT molecular complexity index is 843. The predicted molar refractivity (Wildman–Crippen MR) is 79.4 cm³/mol. The first-order valence-corrected chi connectivity index (χ1v) is 8.13. The zero-order chi connectivity index (χ0) is 14.4. The van der Waals surface area contributed by atoms with E-state index in [1.54, 1.807) is 0 Å². The van der Waals surface area contributed by atoms with E-state index < -0.39 is 0 Å². The lowest BCUT2D eigenvalue weighted by atomic mass is 9.90. The van der Waals surface area contributed by atoms with E-state index in [4.69, 9.17) is 0 Å². The molecular formula is C13H16N6OS. The number of hydrogen-bond acceptors (Lipinski definition) is 6. The quantitative estimate of drug-likeness (QED) is 0.797. The second-order valence-electron chi connectivity index (χ2n) is 5.84. The van der Waals surface area contributed by atoms with E-state index in [0.29, 0.717) is 22.0 Å². The molecule has 1 aliphatic carbocycles. The van der Waals surface area contributed by atoms with Crippen LogP contribution in [0.4, 0.5) is 0 Å². The number of aromatic amines is 1. The fraction of sp³-hybridized carbons (Fsp3) is 0.615. The zero-order valence-corrected chi connectivity index (χ0v) is 12.6. The third-order valence-corrected chi connectivity index (χ3v) is 5.37. The number of hydrogen-bond donors (Lipinski definition) is 1. The van der Waals surface area contributed by atoms with Gasteiger partial charge in [0.15, 0.2) is 5.52 Å². The van der Waals surface area contributed by atoms with Gasteiger partial charge in [0.2, 0.25) is 10.6 Å². The maximum Gasteiger partial charge on any atom is 0.302 e. The molecule has 1 N–H and O–H groups in total. The summed E-state index contributed by atoms with van der Waals surface area (Å²) < 4.78 is 1.36. The van der Waals surface area contributed by atoms with Crippen molar-refractivity contribution in [2.75, 3.05) is 0 Å². The van der Waals surface area contributed by atoms with Crippen LogP contribution in [0.3, 0.4) is 0 Å². The van der Waals surface area contributed by atoms with Crippen LogP contribution in [0.2, 0.25) is 0 Å².